The normalized spacial score (nSPS) is 12.1. The van der Waals surface area contributed by atoms with Crippen LogP contribution in [-0.4, -0.2) is 29.4 Å². The molecule has 0 unspecified atom stereocenters. The van der Waals surface area contributed by atoms with Gasteiger partial charge in [0.1, 0.15) is 13.8 Å². The van der Waals surface area contributed by atoms with Crippen LogP contribution in [0, 0.1) is 11.5 Å². The molecule has 0 saturated carbocycles. The number of aromatic nitrogens is 2. The van der Waals surface area contributed by atoms with E-state index in [0.717, 1.165) is 27.8 Å². The molecule has 166 valence electrons. The van der Waals surface area contributed by atoms with Gasteiger partial charge in [0.25, 0.3) is 0 Å². The molecule has 7 heteroatoms. The van der Waals surface area contributed by atoms with Crippen LogP contribution >= 0.6 is 0 Å². The van der Waals surface area contributed by atoms with Gasteiger partial charge < -0.3 is 14.9 Å². The van der Waals surface area contributed by atoms with Gasteiger partial charge in [-0.05, 0) is 35.9 Å². The number of pyridine rings is 1. The summed E-state index contributed by atoms with van der Waals surface area (Å²) in [7, 11) is -1.49. The van der Waals surface area contributed by atoms with Crippen molar-refractivity contribution >= 4 is 25.1 Å². The Bertz CT molecular complexity index is 1350. The molecule has 2 heterocycles. The van der Waals surface area contributed by atoms with Crippen LogP contribution in [0.4, 0.5) is 4.79 Å². The zero-order valence-electron chi connectivity index (χ0n) is 18.8. The first-order chi connectivity index (χ1) is 15.8. The van der Waals surface area contributed by atoms with E-state index in [1.807, 2.05) is 60.7 Å². The molecule has 0 spiro atoms. The smallest absolute Gasteiger partial charge is 0.405 e. The average Bonchev–Trinajstić information content (AvgIpc) is 3.20. The maximum absolute atomic E-state index is 11.6. The van der Waals surface area contributed by atoms with Crippen LogP contribution in [0.5, 0.6) is 0 Å². The lowest BCUT2D eigenvalue weighted by Gasteiger charge is -2.20. The summed E-state index contributed by atoms with van der Waals surface area (Å²) >= 11 is 0. The van der Waals surface area contributed by atoms with Crippen molar-refractivity contribution in [1.29, 1.82) is 0 Å². The fourth-order valence-corrected chi connectivity index (χ4v) is 4.12. The predicted molar refractivity (Wildman–Crippen MR) is 132 cm³/mol. The number of hydrogen-bond donors (Lipinski definition) is 2. The van der Waals surface area contributed by atoms with Crippen LogP contribution in [-0.2, 0) is 6.42 Å². The molecule has 1 atom stereocenters. The van der Waals surface area contributed by atoms with Crippen molar-refractivity contribution in [2.75, 3.05) is 0 Å². The number of nitrogens with one attached hydrogen (secondary N) is 1. The van der Waals surface area contributed by atoms with Crippen LogP contribution in [0.1, 0.15) is 22.9 Å². The lowest BCUT2D eigenvalue weighted by Crippen LogP contribution is -2.29. The number of benzene rings is 2. The molecule has 0 radical (unpaired) electrons. The molecule has 1 amide bonds. The largest absolute Gasteiger partial charge is 0.465 e. The molecule has 6 nitrogen and oxygen atoms in total. The van der Waals surface area contributed by atoms with Crippen molar-refractivity contribution < 1.29 is 14.4 Å². The molecule has 0 aliphatic heterocycles. The predicted octanol–water partition coefficient (Wildman–Crippen LogP) is 5.67. The summed E-state index contributed by atoms with van der Waals surface area (Å²) in [5, 5.41) is 17.3. The Balaban J connectivity index is 1.75. The van der Waals surface area contributed by atoms with Crippen molar-refractivity contribution in [2.45, 2.75) is 32.1 Å². The van der Waals surface area contributed by atoms with E-state index in [1.165, 1.54) is 0 Å². The Hall–Kier alpha value is -3.89. The van der Waals surface area contributed by atoms with Gasteiger partial charge in [-0.2, -0.15) is 0 Å². The second-order valence-electron chi connectivity index (χ2n) is 8.86. The molecule has 0 aliphatic carbocycles. The van der Waals surface area contributed by atoms with Gasteiger partial charge in [0.05, 0.1) is 6.04 Å². The number of amides is 1. The maximum atomic E-state index is 11.6. The Kier molecular flexibility index (Phi) is 6.29. The van der Waals surface area contributed by atoms with E-state index in [9.17, 15) is 9.90 Å². The summed E-state index contributed by atoms with van der Waals surface area (Å²) in [4.78, 5) is 15.9. The van der Waals surface area contributed by atoms with Gasteiger partial charge in [0, 0.05) is 34.8 Å². The molecule has 33 heavy (non-hydrogen) atoms. The molecule has 2 aromatic heterocycles. The first-order valence-corrected chi connectivity index (χ1v) is 14.2. The molecular weight excluding hydrogens is 430 g/mol. The molecule has 0 saturated heterocycles. The molecule has 4 rings (SSSR count). The summed E-state index contributed by atoms with van der Waals surface area (Å²) in [6.07, 6.45) is 1.02. The minimum Gasteiger partial charge on any atom is -0.465 e. The highest BCUT2D eigenvalue weighted by atomic mass is 28.3. The Morgan fingerprint density at radius 3 is 2.64 bits per heavy atom. The van der Waals surface area contributed by atoms with E-state index >= 15 is 0 Å². The van der Waals surface area contributed by atoms with Gasteiger partial charge in [-0.15, -0.1) is 5.54 Å². The summed E-state index contributed by atoms with van der Waals surface area (Å²) in [6, 6.07) is 18.6. The molecule has 2 N–H and O–H groups in total. The fraction of sp³-hybridized carbons (Fsp3) is 0.192. The summed E-state index contributed by atoms with van der Waals surface area (Å²) in [6.45, 7) is 6.61. The number of fused-ring (bicyclic) bond motifs is 1. The molecule has 0 bridgehead atoms. The first kappa shape index (κ1) is 22.3. The zero-order valence-corrected chi connectivity index (χ0v) is 19.8. The third-order valence-corrected chi connectivity index (χ3v) is 5.96. The number of carboxylic acid groups (broad SMARTS) is 1. The van der Waals surface area contributed by atoms with E-state index in [4.69, 9.17) is 4.52 Å². The molecule has 2 aromatic carbocycles. The molecular formula is C26H25N3O3Si. The third kappa shape index (κ3) is 5.48. The van der Waals surface area contributed by atoms with Crippen molar-refractivity contribution in [3.8, 4) is 22.7 Å². The molecule has 0 fully saturated rings. The van der Waals surface area contributed by atoms with Gasteiger partial charge in [-0.3, -0.25) is 4.98 Å². The van der Waals surface area contributed by atoms with Crippen molar-refractivity contribution in [1.82, 2.24) is 15.5 Å². The Labute approximate surface area is 193 Å². The standard InChI is InChI=1S/C26H25N3O3Si/c1-33(2,3)15-13-18-11-12-22-24(16-18)32-29-25(22)21-10-5-4-9-20(21)23(28-26(30)31)17-19-8-6-7-14-27-19/h4-12,14,16,23,28H,17H2,1-3H3,(H,30,31)/t23-/m0/s1. The first-order valence-electron chi connectivity index (χ1n) is 10.7. The van der Waals surface area contributed by atoms with Crippen LogP contribution in [0.3, 0.4) is 0 Å². The maximum Gasteiger partial charge on any atom is 0.405 e. The minimum absolute atomic E-state index is 0.413. The zero-order chi connectivity index (χ0) is 23.4. The molecule has 4 aromatic rings. The fourth-order valence-electron chi connectivity index (χ4n) is 3.60. The van der Waals surface area contributed by atoms with E-state index in [-0.39, 0.29) is 0 Å². The van der Waals surface area contributed by atoms with Crippen LogP contribution in [0.2, 0.25) is 19.6 Å². The quantitative estimate of drug-likeness (QED) is 0.299. The number of carbonyl (C=O) groups is 1. The Morgan fingerprint density at radius 2 is 1.91 bits per heavy atom. The van der Waals surface area contributed by atoms with Gasteiger partial charge >= 0.3 is 6.09 Å². The highest BCUT2D eigenvalue weighted by Crippen LogP contribution is 2.34. The van der Waals surface area contributed by atoms with Gasteiger partial charge in [0.15, 0.2) is 5.58 Å². The van der Waals surface area contributed by atoms with Crippen LogP contribution in [0.25, 0.3) is 22.2 Å². The van der Waals surface area contributed by atoms with E-state index < -0.39 is 20.2 Å². The van der Waals surface area contributed by atoms with Gasteiger partial charge in [-0.1, -0.05) is 61.0 Å². The Morgan fingerprint density at radius 1 is 1.12 bits per heavy atom. The van der Waals surface area contributed by atoms with Crippen molar-refractivity contribution in [3.63, 3.8) is 0 Å². The van der Waals surface area contributed by atoms with Gasteiger partial charge in [-0.25, -0.2) is 4.79 Å². The van der Waals surface area contributed by atoms with E-state index in [0.29, 0.717) is 17.7 Å². The lowest BCUT2D eigenvalue weighted by molar-refractivity contribution is 0.190. The highest BCUT2D eigenvalue weighted by molar-refractivity contribution is 6.83. The second kappa shape index (κ2) is 9.31. The van der Waals surface area contributed by atoms with Gasteiger partial charge in [0.2, 0.25) is 0 Å². The van der Waals surface area contributed by atoms with Crippen molar-refractivity contribution in [2.24, 2.45) is 0 Å². The van der Waals surface area contributed by atoms with Crippen LogP contribution < -0.4 is 5.32 Å². The topological polar surface area (TPSA) is 88.2 Å². The summed E-state index contributed by atoms with van der Waals surface area (Å²) in [5.41, 5.74) is 7.99. The average molecular weight is 456 g/mol. The highest BCUT2D eigenvalue weighted by Gasteiger charge is 2.22. The summed E-state index contributed by atoms with van der Waals surface area (Å²) in [5.74, 6) is 3.25. The number of nitrogens with zero attached hydrogens (tertiary/aromatic N) is 2. The van der Waals surface area contributed by atoms with E-state index in [1.54, 1.807) is 6.20 Å². The van der Waals surface area contributed by atoms with Crippen molar-refractivity contribution in [3.05, 3.63) is 83.7 Å². The van der Waals surface area contributed by atoms with E-state index in [2.05, 4.69) is 46.6 Å². The second-order valence-corrected chi connectivity index (χ2v) is 13.6. The van der Waals surface area contributed by atoms with Crippen LogP contribution in [0.15, 0.2) is 71.4 Å². The number of rotatable bonds is 5. The third-order valence-electron chi connectivity index (χ3n) is 5.08. The summed E-state index contributed by atoms with van der Waals surface area (Å²) < 4.78 is 5.65. The number of hydrogen-bond acceptors (Lipinski definition) is 4. The minimum atomic E-state index is -1.49. The monoisotopic (exact) mass is 455 g/mol. The lowest BCUT2D eigenvalue weighted by atomic mass is 9.93. The molecule has 0 aliphatic rings. The SMILES string of the molecule is C[Si](C)(C)C#Cc1ccc2c(-c3ccccc3[C@H](Cc3ccccn3)NC(=O)O)noc2c1.